The molecular weight excluding hydrogens is 500 g/mol. The third-order valence-electron chi connectivity index (χ3n) is 5.68. The quantitative estimate of drug-likeness (QED) is 0.254. The highest BCUT2D eigenvalue weighted by atomic mass is 19.3. The molecule has 0 aliphatic heterocycles. The zero-order valence-corrected chi connectivity index (χ0v) is 22.2. The van der Waals surface area contributed by atoms with E-state index in [-0.39, 0.29) is 26.0 Å². The molecule has 0 fully saturated rings. The van der Waals surface area contributed by atoms with Crippen molar-refractivity contribution in [1.82, 2.24) is 4.90 Å². The van der Waals surface area contributed by atoms with Gasteiger partial charge < -0.3 is 29.0 Å². The van der Waals surface area contributed by atoms with Gasteiger partial charge in [0, 0.05) is 26.0 Å². The Kier molecular flexibility index (Phi) is 12.8. The predicted molar refractivity (Wildman–Crippen MR) is 138 cm³/mol. The number of hydrogen-bond donors (Lipinski definition) is 1. The molecule has 0 saturated heterocycles. The number of methoxy groups -OCH3 is 1. The Morgan fingerprint density at radius 3 is 2.16 bits per heavy atom. The largest absolute Gasteiger partial charge is 0.497 e. The second kappa shape index (κ2) is 15.8. The molecule has 1 N–H and O–H groups in total. The number of ether oxygens (including phenoxy) is 4. The molecule has 0 aromatic heterocycles. The van der Waals surface area contributed by atoms with Crippen molar-refractivity contribution in [3.8, 4) is 17.2 Å². The molecule has 0 heterocycles. The van der Waals surface area contributed by atoms with Crippen molar-refractivity contribution in [3.63, 3.8) is 0 Å². The average molecular weight is 538 g/mol. The molecular formula is C28H37F2NO7. The van der Waals surface area contributed by atoms with Gasteiger partial charge in [0.15, 0.2) is 6.10 Å². The lowest BCUT2D eigenvalue weighted by Gasteiger charge is -2.22. The molecule has 8 nitrogen and oxygen atoms in total. The second-order valence-corrected chi connectivity index (χ2v) is 8.89. The number of amides is 1. The summed E-state index contributed by atoms with van der Waals surface area (Å²) in [6, 6.07) is 13.6. The second-order valence-electron chi connectivity index (χ2n) is 8.89. The molecule has 10 heteroatoms. The van der Waals surface area contributed by atoms with Crippen molar-refractivity contribution in [3.05, 3.63) is 54.1 Å². The van der Waals surface area contributed by atoms with Crippen LogP contribution in [0.15, 0.2) is 48.5 Å². The highest BCUT2D eigenvalue weighted by Gasteiger charge is 2.21. The van der Waals surface area contributed by atoms with E-state index in [9.17, 15) is 23.5 Å². The van der Waals surface area contributed by atoms with E-state index in [1.165, 1.54) is 4.90 Å². The van der Waals surface area contributed by atoms with Crippen molar-refractivity contribution in [1.29, 1.82) is 0 Å². The van der Waals surface area contributed by atoms with E-state index in [0.29, 0.717) is 49.7 Å². The van der Waals surface area contributed by atoms with Crippen LogP contribution >= 0.6 is 0 Å². The Balaban J connectivity index is 1.92. The lowest BCUT2D eigenvalue weighted by Crippen LogP contribution is -2.37. The fraction of sp³-hybridized carbons (Fsp3) is 0.500. The highest BCUT2D eigenvalue weighted by Crippen LogP contribution is 2.21. The van der Waals surface area contributed by atoms with Crippen LogP contribution in [0.3, 0.4) is 0 Å². The number of nitrogens with zero attached hydrogens (tertiary/aromatic N) is 1. The lowest BCUT2D eigenvalue weighted by atomic mass is 10.1. The van der Waals surface area contributed by atoms with E-state index in [2.05, 4.69) is 0 Å². The molecule has 1 amide bonds. The number of carbonyl (C=O) groups excluding carboxylic acids is 1. The van der Waals surface area contributed by atoms with Gasteiger partial charge in [-0.3, -0.25) is 0 Å². The van der Waals surface area contributed by atoms with Crippen LogP contribution in [0.1, 0.15) is 45.1 Å². The Labute approximate surface area is 222 Å². The summed E-state index contributed by atoms with van der Waals surface area (Å²) in [6.07, 6.45) is 0.0221. The fourth-order valence-electron chi connectivity index (χ4n) is 3.65. The number of benzene rings is 2. The molecule has 2 rings (SSSR count). The van der Waals surface area contributed by atoms with Crippen LogP contribution in [0.2, 0.25) is 0 Å². The van der Waals surface area contributed by atoms with Crippen LogP contribution in [-0.4, -0.2) is 67.5 Å². The first-order valence-corrected chi connectivity index (χ1v) is 12.7. The predicted octanol–water partition coefficient (Wildman–Crippen LogP) is 5.82. The number of carboxylic acid groups (broad SMARTS) is 1. The van der Waals surface area contributed by atoms with Crippen molar-refractivity contribution in [2.45, 2.75) is 58.0 Å². The van der Waals surface area contributed by atoms with E-state index in [0.717, 1.165) is 12.5 Å². The SMILES string of the molecule is CCOC(Cc1ccc(OCCN(CCCCCC(C)(F)F)C(=O)Oc2ccc(OC)cc2)cc1)C(=O)O. The number of carboxylic acids is 1. The van der Waals surface area contributed by atoms with E-state index in [1.54, 1.807) is 62.6 Å². The maximum atomic E-state index is 13.1. The summed E-state index contributed by atoms with van der Waals surface area (Å²) in [6.45, 7) is 3.69. The first-order valence-electron chi connectivity index (χ1n) is 12.7. The number of hydrogen-bond acceptors (Lipinski definition) is 6. The van der Waals surface area contributed by atoms with Gasteiger partial charge in [0.05, 0.1) is 13.7 Å². The summed E-state index contributed by atoms with van der Waals surface area (Å²) in [5.41, 5.74) is 0.792. The number of carbonyl (C=O) groups is 2. The Morgan fingerprint density at radius 1 is 0.947 bits per heavy atom. The van der Waals surface area contributed by atoms with E-state index in [4.69, 9.17) is 18.9 Å². The lowest BCUT2D eigenvalue weighted by molar-refractivity contribution is -0.149. The topological polar surface area (TPSA) is 94.5 Å². The molecule has 38 heavy (non-hydrogen) atoms. The summed E-state index contributed by atoms with van der Waals surface area (Å²) in [5.74, 6) is -2.17. The first-order chi connectivity index (χ1) is 18.1. The normalized spacial score (nSPS) is 12.0. The van der Waals surface area contributed by atoms with E-state index >= 15 is 0 Å². The minimum Gasteiger partial charge on any atom is -0.497 e. The van der Waals surface area contributed by atoms with Gasteiger partial charge in [0.2, 0.25) is 5.92 Å². The van der Waals surface area contributed by atoms with Gasteiger partial charge in [-0.2, -0.15) is 0 Å². The number of halogens is 2. The van der Waals surface area contributed by atoms with Gasteiger partial charge in [-0.25, -0.2) is 18.4 Å². The van der Waals surface area contributed by atoms with Gasteiger partial charge in [-0.1, -0.05) is 18.6 Å². The van der Waals surface area contributed by atoms with Gasteiger partial charge in [-0.15, -0.1) is 0 Å². The van der Waals surface area contributed by atoms with Crippen LogP contribution in [-0.2, 0) is 16.0 Å². The third-order valence-corrected chi connectivity index (χ3v) is 5.68. The number of aliphatic carboxylic acids is 1. The molecule has 2 aromatic rings. The highest BCUT2D eigenvalue weighted by molar-refractivity contribution is 5.72. The molecule has 210 valence electrons. The van der Waals surface area contributed by atoms with Gasteiger partial charge in [-0.05, 0) is 68.7 Å². The summed E-state index contributed by atoms with van der Waals surface area (Å²) < 4.78 is 47.8. The monoisotopic (exact) mass is 537 g/mol. The Morgan fingerprint density at radius 2 is 1.58 bits per heavy atom. The van der Waals surface area contributed by atoms with Gasteiger partial charge in [0.25, 0.3) is 0 Å². The summed E-state index contributed by atoms with van der Waals surface area (Å²) in [7, 11) is 1.54. The third kappa shape index (κ3) is 11.8. The maximum Gasteiger partial charge on any atom is 0.415 e. The molecule has 2 aromatic carbocycles. The van der Waals surface area contributed by atoms with Gasteiger partial charge >= 0.3 is 12.1 Å². The van der Waals surface area contributed by atoms with Crippen LogP contribution in [0.5, 0.6) is 17.2 Å². The van der Waals surface area contributed by atoms with Gasteiger partial charge in [0.1, 0.15) is 23.9 Å². The molecule has 0 aliphatic rings. The molecule has 1 atom stereocenters. The minimum atomic E-state index is -2.70. The standard InChI is InChI=1S/C28H37F2NO7/c1-4-36-25(26(32)33)20-21-8-10-23(11-9-21)37-19-18-31(17-7-5-6-16-28(2,29)30)27(34)38-24-14-12-22(35-3)13-15-24/h8-15,25H,4-7,16-20H2,1-3H3,(H,32,33). The number of alkyl halides is 2. The minimum absolute atomic E-state index is 0.181. The van der Waals surface area contributed by atoms with E-state index < -0.39 is 24.1 Å². The smallest absolute Gasteiger partial charge is 0.415 e. The first kappa shape index (κ1) is 30.8. The molecule has 0 spiro atoms. The molecule has 1 unspecified atom stereocenters. The Bertz CT molecular complexity index is 978. The fourth-order valence-corrected chi connectivity index (χ4v) is 3.65. The zero-order chi connectivity index (χ0) is 28.0. The van der Waals surface area contributed by atoms with Crippen molar-refractivity contribution in [2.75, 3.05) is 33.4 Å². The van der Waals surface area contributed by atoms with Crippen molar-refractivity contribution < 1.29 is 42.4 Å². The van der Waals surface area contributed by atoms with Crippen LogP contribution in [0.4, 0.5) is 13.6 Å². The summed E-state index contributed by atoms with van der Waals surface area (Å²) >= 11 is 0. The van der Waals surface area contributed by atoms with Crippen LogP contribution < -0.4 is 14.2 Å². The average Bonchev–Trinajstić information content (AvgIpc) is 2.87. The molecule has 0 radical (unpaired) electrons. The molecule has 0 aliphatic carbocycles. The maximum absolute atomic E-state index is 13.1. The Hall–Kier alpha value is -3.40. The molecule has 0 bridgehead atoms. The summed E-state index contributed by atoms with van der Waals surface area (Å²) in [4.78, 5) is 25.6. The van der Waals surface area contributed by atoms with Crippen molar-refractivity contribution in [2.24, 2.45) is 0 Å². The summed E-state index contributed by atoms with van der Waals surface area (Å²) in [5, 5.41) is 9.25. The number of rotatable bonds is 17. The van der Waals surface area contributed by atoms with Crippen molar-refractivity contribution >= 4 is 12.1 Å². The number of unbranched alkanes of at least 4 members (excludes halogenated alkanes) is 2. The van der Waals surface area contributed by atoms with Crippen LogP contribution in [0.25, 0.3) is 0 Å². The zero-order valence-electron chi connectivity index (χ0n) is 22.2. The van der Waals surface area contributed by atoms with E-state index in [1.807, 2.05) is 0 Å². The van der Waals surface area contributed by atoms with Crippen LogP contribution in [0, 0.1) is 0 Å². The molecule has 0 saturated carbocycles.